The largest absolute Gasteiger partial charge is 0.383 e. The number of hydrogen-bond acceptors (Lipinski definition) is 3. The number of nitrogens with two attached hydrogens (primary N) is 1. The summed E-state index contributed by atoms with van der Waals surface area (Å²) in [5.74, 6) is 1.34. The average Bonchev–Trinajstić information content (AvgIpc) is 2.96. The topological polar surface area (TPSA) is 51.8 Å². The molecule has 5 heteroatoms. The molecular weight excluding hydrogens is 333 g/mol. The van der Waals surface area contributed by atoms with E-state index in [-0.39, 0.29) is 5.82 Å². The molecule has 0 radical (unpaired) electrons. The molecule has 0 bridgehead atoms. The first-order valence-corrected chi connectivity index (χ1v) is 7.99. The number of nitrogens with zero attached hydrogens (tertiary/aromatic N) is 2. The molecule has 0 aliphatic heterocycles. The zero-order valence-corrected chi connectivity index (χ0v) is 13.2. The number of halogens is 2. The Kier molecular flexibility index (Phi) is 4.19. The van der Waals surface area contributed by atoms with Crippen LogP contribution in [0.3, 0.4) is 0 Å². The van der Waals surface area contributed by atoms with Gasteiger partial charge in [-0.05, 0) is 46.5 Å². The molecular formula is C16H17BrFN3. The van der Waals surface area contributed by atoms with Crippen LogP contribution >= 0.6 is 15.9 Å². The van der Waals surface area contributed by atoms with E-state index in [1.54, 1.807) is 6.07 Å². The van der Waals surface area contributed by atoms with Gasteiger partial charge in [0.05, 0.1) is 10.2 Å². The third-order valence-electron chi connectivity index (χ3n) is 3.94. The van der Waals surface area contributed by atoms with Crippen molar-refractivity contribution in [3.63, 3.8) is 0 Å². The standard InChI is InChI=1S/C16H17BrFN3/c17-14-15(11-5-1-2-6-11)20-13(21-16(14)19)9-10-4-3-7-12(18)8-10/h3-4,7-8,11H,1-2,5-6,9H2,(H2,19,20,21). The van der Waals surface area contributed by atoms with E-state index < -0.39 is 0 Å². The maximum Gasteiger partial charge on any atom is 0.141 e. The summed E-state index contributed by atoms with van der Waals surface area (Å²) in [5.41, 5.74) is 7.86. The molecule has 1 aliphatic carbocycles. The maximum atomic E-state index is 13.3. The van der Waals surface area contributed by atoms with Crippen molar-refractivity contribution in [1.29, 1.82) is 0 Å². The molecule has 3 rings (SSSR count). The molecule has 0 saturated heterocycles. The molecule has 21 heavy (non-hydrogen) atoms. The maximum absolute atomic E-state index is 13.3. The Bertz CT molecular complexity index is 654. The summed E-state index contributed by atoms with van der Waals surface area (Å²) in [6.07, 6.45) is 5.26. The van der Waals surface area contributed by atoms with Crippen molar-refractivity contribution in [1.82, 2.24) is 9.97 Å². The number of aromatic nitrogens is 2. The molecule has 2 N–H and O–H groups in total. The third-order valence-corrected chi connectivity index (χ3v) is 4.75. The minimum atomic E-state index is -0.242. The molecule has 1 aliphatic rings. The van der Waals surface area contributed by atoms with E-state index in [1.165, 1.54) is 25.0 Å². The van der Waals surface area contributed by atoms with Crippen LogP contribution in [0.25, 0.3) is 0 Å². The molecule has 1 saturated carbocycles. The van der Waals surface area contributed by atoms with Gasteiger partial charge in [-0.2, -0.15) is 0 Å². The van der Waals surface area contributed by atoms with Gasteiger partial charge in [0.1, 0.15) is 17.5 Å². The summed E-state index contributed by atoms with van der Waals surface area (Å²) in [5, 5.41) is 0. The molecule has 1 fully saturated rings. The fourth-order valence-corrected chi connectivity index (χ4v) is 3.41. The van der Waals surface area contributed by atoms with Crippen LogP contribution in [-0.2, 0) is 6.42 Å². The highest BCUT2D eigenvalue weighted by atomic mass is 79.9. The lowest BCUT2D eigenvalue weighted by molar-refractivity contribution is 0.625. The second kappa shape index (κ2) is 6.10. The van der Waals surface area contributed by atoms with Crippen LogP contribution < -0.4 is 5.73 Å². The highest BCUT2D eigenvalue weighted by Gasteiger charge is 2.23. The van der Waals surface area contributed by atoms with Crippen molar-refractivity contribution < 1.29 is 4.39 Å². The molecule has 1 aromatic carbocycles. The first kappa shape index (κ1) is 14.4. The summed E-state index contributed by atoms with van der Waals surface area (Å²) in [6, 6.07) is 6.52. The van der Waals surface area contributed by atoms with Gasteiger partial charge < -0.3 is 5.73 Å². The van der Waals surface area contributed by atoms with Crippen molar-refractivity contribution in [2.45, 2.75) is 38.0 Å². The van der Waals surface area contributed by atoms with Gasteiger partial charge in [-0.1, -0.05) is 25.0 Å². The van der Waals surface area contributed by atoms with Crippen molar-refractivity contribution in [2.75, 3.05) is 5.73 Å². The van der Waals surface area contributed by atoms with E-state index in [9.17, 15) is 4.39 Å². The smallest absolute Gasteiger partial charge is 0.141 e. The average molecular weight is 350 g/mol. The lowest BCUT2D eigenvalue weighted by Gasteiger charge is -2.14. The molecule has 0 amide bonds. The quantitative estimate of drug-likeness (QED) is 0.902. The summed E-state index contributed by atoms with van der Waals surface area (Å²) >= 11 is 3.51. The Hall–Kier alpha value is -1.49. The SMILES string of the molecule is Nc1nc(Cc2cccc(F)c2)nc(C2CCCC2)c1Br. The van der Waals surface area contributed by atoms with Gasteiger partial charge in [0.25, 0.3) is 0 Å². The molecule has 1 aromatic heterocycles. The molecule has 3 nitrogen and oxygen atoms in total. The second-order valence-electron chi connectivity index (χ2n) is 5.51. The lowest BCUT2D eigenvalue weighted by atomic mass is 10.0. The van der Waals surface area contributed by atoms with Crippen LogP contribution in [0, 0.1) is 5.82 Å². The molecule has 0 unspecified atom stereocenters. The third kappa shape index (κ3) is 3.23. The fourth-order valence-electron chi connectivity index (χ4n) is 2.91. The Balaban J connectivity index is 1.92. The van der Waals surface area contributed by atoms with Crippen molar-refractivity contribution in [3.8, 4) is 0 Å². The first-order valence-electron chi connectivity index (χ1n) is 7.19. The van der Waals surface area contributed by atoms with E-state index in [4.69, 9.17) is 5.73 Å². The predicted molar refractivity (Wildman–Crippen MR) is 84.6 cm³/mol. The lowest BCUT2D eigenvalue weighted by Crippen LogP contribution is -2.08. The van der Waals surface area contributed by atoms with Crippen LogP contribution in [0.1, 0.15) is 48.7 Å². The van der Waals surface area contributed by atoms with Crippen LogP contribution in [0.5, 0.6) is 0 Å². The van der Waals surface area contributed by atoms with Crippen molar-refractivity contribution in [2.24, 2.45) is 0 Å². The van der Waals surface area contributed by atoms with E-state index in [0.717, 1.165) is 28.6 Å². The summed E-state index contributed by atoms with van der Waals surface area (Å²) in [6.45, 7) is 0. The fraction of sp³-hybridized carbons (Fsp3) is 0.375. The highest BCUT2D eigenvalue weighted by Crippen LogP contribution is 2.38. The Morgan fingerprint density at radius 1 is 1.24 bits per heavy atom. The van der Waals surface area contributed by atoms with Gasteiger partial charge in [-0.15, -0.1) is 0 Å². The van der Waals surface area contributed by atoms with Crippen LogP contribution in [0.2, 0.25) is 0 Å². The summed E-state index contributed by atoms with van der Waals surface area (Å²) in [7, 11) is 0. The predicted octanol–water partition coefficient (Wildman–Crippen LogP) is 4.21. The summed E-state index contributed by atoms with van der Waals surface area (Å²) < 4.78 is 14.1. The molecule has 1 heterocycles. The summed E-state index contributed by atoms with van der Waals surface area (Å²) in [4.78, 5) is 9.01. The number of nitrogen functional groups attached to an aromatic ring is 1. The molecule has 2 aromatic rings. The Labute approximate surface area is 131 Å². The number of hydrogen-bond donors (Lipinski definition) is 1. The minimum absolute atomic E-state index is 0.242. The van der Waals surface area contributed by atoms with Crippen LogP contribution in [0.15, 0.2) is 28.7 Å². The Morgan fingerprint density at radius 2 is 2.00 bits per heavy atom. The monoisotopic (exact) mass is 349 g/mol. The highest BCUT2D eigenvalue weighted by molar-refractivity contribution is 9.10. The Morgan fingerprint density at radius 3 is 2.71 bits per heavy atom. The van der Waals surface area contributed by atoms with Crippen molar-refractivity contribution in [3.05, 3.63) is 51.6 Å². The van der Waals surface area contributed by atoms with E-state index in [0.29, 0.717) is 24.0 Å². The number of rotatable bonds is 3. The normalized spacial score (nSPS) is 15.5. The van der Waals surface area contributed by atoms with E-state index in [1.807, 2.05) is 6.07 Å². The van der Waals surface area contributed by atoms with Crippen molar-refractivity contribution >= 4 is 21.7 Å². The van der Waals surface area contributed by atoms with Gasteiger partial charge in [0.2, 0.25) is 0 Å². The van der Waals surface area contributed by atoms with Gasteiger partial charge in [0.15, 0.2) is 0 Å². The number of anilines is 1. The van der Waals surface area contributed by atoms with Gasteiger partial charge in [0, 0.05) is 12.3 Å². The zero-order valence-electron chi connectivity index (χ0n) is 11.6. The first-order chi connectivity index (χ1) is 10.1. The van der Waals surface area contributed by atoms with Gasteiger partial charge in [-0.25, -0.2) is 14.4 Å². The van der Waals surface area contributed by atoms with E-state index in [2.05, 4.69) is 25.9 Å². The molecule has 0 spiro atoms. The van der Waals surface area contributed by atoms with Gasteiger partial charge in [-0.3, -0.25) is 0 Å². The minimum Gasteiger partial charge on any atom is -0.383 e. The van der Waals surface area contributed by atoms with Crippen LogP contribution in [-0.4, -0.2) is 9.97 Å². The molecule has 110 valence electrons. The number of benzene rings is 1. The van der Waals surface area contributed by atoms with Crippen LogP contribution in [0.4, 0.5) is 10.2 Å². The van der Waals surface area contributed by atoms with E-state index >= 15 is 0 Å². The second-order valence-corrected chi connectivity index (χ2v) is 6.31. The zero-order chi connectivity index (χ0) is 14.8. The molecule has 0 atom stereocenters. The van der Waals surface area contributed by atoms with Gasteiger partial charge >= 0.3 is 0 Å².